The molecule has 1 aromatic carbocycles. The van der Waals surface area contributed by atoms with Gasteiger partial charge in [-0.1, -0.05) is 30.3 Å². The maximum atomic E-state index is 12.1. The minimum Gasteiger partial charge on any atom is -0.345 e. The maximum Gasteiger partial charge on any atom is 0.237 e. The molecular formula is C14H19ClN2O. The van der Waals surface area contributed by atoms with Crippen LogP contribution < -0.4 is 10.6 Å². The molecule has 0 spiro atoms. The summed E-state index contributed by atoms with van der Waals surface area (Å²) in [5, 5.41) is 6.47. The molecule has 1 aliphatic carbocycles. The smallest absolute Gasteiger partial charge is 0.237 e. The van der Waals surface area contributed by atoms with Gasteiger partial charge in [0, 0.05) is 0 Å². The monoisotopic (exact) mass is 266 g/mol. The highest BCUT2D eigenvalue weighted by Crippen LogP contribution is 2.45. The van der Waals surface area contributed by atoms with Gasteiger partial charge in [-0.05, 0) is 37.8 Å². The molecule has 2 fully saturated rings. The number of halogens is 1. The van der Waals surface area contributed by atoms with Gasteiger partial charge in [-0.25, -0.2) is 0 Å². The second-order valence-corrected chi connectivity index (χ2v) is 5.09. The molecule has 0 aromatic heterocycles. The van der Waals surface area contributed by atoms with Crippen LogP contribution in [0.3, 0.4) is 0 Å². The fourth-order valence-corrected chi connectivity index (χ4v) is 2.60. The third-order valence-corrected chi connectivity index (χ3v) is 3.82. The Morgan fingerprint density at radius 2 is 2.00 bits per heavy atom. The number of carbonyl (C=O) groups excluding carboxylic acids is 1. The highest BCUT2D eigenvalue weighted by atomic mass is 35.5. The lowest BCUT2D eigenvalue weighted by atomic mass is 10.0. The molecule has 0 bridgehead atoms. The summed E-state index contributed by atoms with van der Waals surface area (Å²) in [7, 11) is 0. The molecule has 2 N–H and O–H groups in total. The van der Waals surface area contributed by atoms with Crippen LogP contribution in [0.15, 0.2) is 30.3 Å². The first-order valence-electron chi connectivity index (χ1n) is 6.41. The molecule has 0 radical (unpaired) electrons. The number of amides is 1. The van der Waals surface area contributed by atoms with Gasteiger partial charge in [0.15, 0.2) is 0 Å². The van der Waals surface area contributed by atoms with Crippen LogP contribution in [0, 0.1) is 0 Å². The van der Waals surface area contributed by atoms with Crippen molar-refractivity contribution in [3.63, 3.8) is 0 Å². The predicted octanol–water partition coefficient (Wildman–Crippen LogP) is 1.97. The van der Waals surface area contributed by atoms with Crippen molar-refractivity contribution in [2.24, 2.45) is 0 Å². The highest BCUT2D eigenvalue weighted by Gasteiger charge is 2.46. The van der Waals surface area contributed by atoms with Crippen molar-refractivity contribution < 1.29 is 4.79 Å². The summed E-state index contributed by atoms with van der Waals surface area (Å²) in [5.41, 5.74) is 1.18. The molecule has 3 rings (SSSR count). The zero-order valence-electron chi connectivity index (χ0n) is 10.3. The van der Waals surface area contributed by atoms with E-state index in [0.717, 1.165) is 32.2 Å². The van der Waals surface area contributed by atoms with E-state index in [1.54, 1.807) is 0 Å². The van der Waals surface area contributed by atoms with Gasteiger partial charge in [0.25, 0.3) is 0 Å². The van der Waals surface area contributed by atoms with Gasteiger partial charge < -0.3 is 10.6 Å². The SMILES string of the molecule is Cl.O=C(NC1(c2ccccc2)CC1)C1CCCN1. The zero-order valence-corrected chi connectivity index (χ0v) is 11.1. The molecule has 18 heavy (non-hydrogen) atoms. The van der Waals surface area contributed by atoms with E-state index in [1.807, 2.05) is 18.2 Å². The Labute approximate surface area is 114 Å². The van der Waals surface area contributed by atoms with E-state index in [4.69, 9.17) is 0 Å². The van der Waals surface area contributed by atoms with Crippen LogP contribution in [-0.2, 0) is 10.3 Å². The van der Waals surface area contributed by atoms with Crippen molar-refractivity contribution in [3.8, 4) is 0 Å². The molecule has 1 saturated carbocycles. The third kappa shape index (κ3) is 2.52. The van der Waals surface area contributed by atoms with E-state index in [9.17, 15) is 4.79 Å². The van der Waals surface area contributed by atoms with Crippen molar-refractivity contribution in [1.82, 2.24) is 10.6 Å². The second-order valence-electron chi connectivity index (χ2n) is 5.09. The number of hydrogen-bond donors (Lipinski definition) is 2. The molecule has 2 aliphatic rings. The average Bonchev–Trinajstić information content (AvgIpc) is 2.94. The molecule has 3 nitrogen and oxygen atoms in total. The molecular weight excluding hydrogens is 248 g/mol. The third-order valence-electron chi connectivity index (χ3n) is 3.82. The molecule has 1 aliphatic heterocycles. The van der Waals surface area contributed by atoms with Gasteiger partial charge in [-0.15, -0.1) is 12.4 Å². The average molecular weight is 267 g/mol. The summed E-state index contributed by atoms with van der Waals surface area (Å²) in [4.78, 5) is 12.1. The van der Waals surface area contributed by atoms with Gasteiger partial charge >= 0.3 is 0 Å². The fraction of sp³-hybridized carbons (Fsp3) is 0.500. The lowest BCUT2D eigenvalue weighted by Crippen LogP contribution is -2.45. The van der Waals surface area contributed by atoms with E-state index < -0.39 is 0 Å². The Morgan fingerprint density at radius 1 is 1.28 bits per heavy atom. The normalized spacial score (nSPS) is 24.1. The van der Waals surface area contributed by atoms with E-state index >= 15 is 0 Å². The lowest BCUT2D eigenvalue weighted by molar-refractivity contribution is -0.123. The predicted molar refractivity (Wildman–Crippen MR) is 73.8 cm³/mol. The topological polar surface area (TPSA) is 41.1 Å². The van der Waals surface area contributed by atoms with Crippen LogP contribution in [0.5, 0.6) is 0 Å². The van der Waals surface area contributed by atoms with Gasteiger partial charge in [-0.2, -0.15) is 0 Å². The Morgan fingerprint density at radius 3 is 2.56 bits per heavy atom. The zero-order chi connectivity index (χ0) is 11.7. The van der Waals surface area contributed by atoms with Gasteiger partial charge in [0.2, 0.25) is 5.91 Å². The number of carbonyl (C=O) groups is 1. The number of rotatable bonds is 3. The van der Waals surface area contributed by atoms with Crippen LogP contribution in [0.4, 0.5) is 0 Å². The van der Waals surface area contributed by atoms with Gasteiger partial charge in [-0.3, -0.25) is 4.79 Å². The van der Waals surface area contributed by atoms with Crippen LogP contribution in [0.2, 0.25) is 0 Å². The minimum absolute atomic E-state index is 0. The Kier molecular flexibility index (Phi) is 3.93. The van der Waals surface area contributed by atoms with Crippen molar-refractivity contribution in [2.45, 2.75) is 37.3 Å². The van der Waals surface area contributed by atoms with Gasteiger partial charge in [0.1, 0.15) is 0 Å². The van der Waals surface area contributed by atoms with Crippen LogP contribution in [-0.4, -0.2) is 18.5 Å². The summed E-state index contributed by atoms with van der Waals surface area (Å²) in [6.07, 6.45) is 4.21. The van der Waals surface area contributed by atoms with Crippen LogP contribution in [0.25, 0.3) is 0 Å². The molecule has 1 atom stereocenters. The Hall–Kier alpha value is -1.06. The van der Waals surface area contributed by atoms with E-state index in [1.165, 1.54) is 5.56 Å². The molecule has 1 heterocycles. The first kappa shape index (κ1) is 13.4. The van der Waals surface area contributed by atoms with Crippen LogP contribution >= 0.6 is 12.4 Å². The minimum atomic E-state index is -0.0669. The van der Waals surface area contributed by atoms with Crippen molar-refractivity contribution in [2.75, 3.05) is 6.54 Å². The number of benzene rings is 1. The maximum absolute atomic E-state index is 12.1. The molecule has 98 valence electrons. The lowest BCUT2D eigenvalue weighted by Gasteiger charge is -2.20. The quantitative estimate of drug-likeness (QED) is 0.878. The largest absolute Gasteiger partial charge is 0.345 e. The second kappa shape index (κ2) is 5.29. The van der Waals surface area contributed by atoms with E-state index in [2.05, 4.69) is 22.8 Å². The number of nitrogens with one attached hydrogen (secondary N) is 2. The Bertz CT molecular complexity index is 411. The highest BCUT2D eigenvalue weighted by molar-refractivity contribution is 5.85. The van der Waals surface area contributed by atoms with E-state index in [-0.39, 0.29) is 29.9 Å². The summed E-state index contributed by atoms with van der Waals surface area (Å²) < 4.78 is 0. The first-order valence-corrected chi connectivity index (χ1v) is 6.41. The van der Waals surface area contributed by atoms with Crippen molar-refractivity contribution >= 4 is 18.3 Å². The molecule has 1 amide bonds. The van der Waals surface area contributed by atoms with E-state index in [0.29, 0.717) is 0 Å². The van der Waals surface area contributed by atoms with Crippen LogP contribution in [0.1, 0.15) is 31.2 Å². The summed E-state index contributed by atoms with van der Waals surface area (Å²) >= 11 is 0. The molecule has 1 aromatic rings. The molecule has 4 heteroatoms. The fourth-order valence-electron chi connectivity index (χ4n) is 2.60. The first-order chi connectivity index (χ1) is 8.30. The molecule has 1 unspecified atom stereocenters. The summed E-state index contributed by atoms with van der Waals surface area (Å²) in [6, 6.07) is 10.3. The standard InChI is InChI=1S/C14H18N2O.ClH/c17-13(12-7-4-10-15-12)16-14(8-9-14)11-5-2-1-3-6-11;/h1-3,5-6,12,15H,4,7-10H2,(H,16,17);1H. The molecule has 1 saturated heterocycles. The summed E-state index contributed by atoms with van der Waals surface area (Å²) in [5.74, 6) is 0.170. The Balaban J connectivity index is 0.00000120. The summed E-state index contributed by atoms with van der Waals surface area (Å²) in [6.45, 7) is 0.969. The van der Waals surface area contributed by atoms with Crippen molar-refractivity contribution in [3.05, 3.63) is 35.9 Å². The van der Waals surface area contributed by atoms with Crippen molar-refractivity contribution in [1.29, 1.82) is 0 Å². The number of hydrogen-bond acceptors (Lipinski definition) is 2. The van der Waals surface area contributed by atoms with Gasteiger partial charge in [0.05, 0.1) is 11.6 Å².